The molecule has 0 amide bonds. The van der Waals surface area contributed by atoms with Crippen LogP contribution in [0.25, 0.3) is 0 Å². The van der Waals surface area contributed by atoms with Crippen molar-refractivity contribution >= 4 is 11.6 Å². The summed E-state index contributed by atoms with van der Waals surface area (Å²) in [6, 6.07) is 2.39. The van der Waals surface area contributed by atoms with Gasteiger partial charge in [-0.25, -0.2) is 9.97 Å². The lowest BCUT2D eigenvalue weighted by Gasteiger charge is -2.36. The zero-order valence-corrected chi connectivity index (χ0v) is 16.9. The van der Waals surface area contributed by atoms with Gasteiger partial charge in [-0.15, -0.1) is 5.10 Å². The minimum Gasteiger partial charge on any atom is -0.376 e. The van der Waals surface area contributed by atoms with E-state index in [1.54, 1.807) is 12.5 Å². The van der Waals surface area contributed by atoms with Crippen molar-refractivity contribution in [3.05, 3.63) is 24.8 Å². The van der Waals surface area contributed by atoms with Crippen molar-refractivity contribution in [1.29, 1.82) is 0 Å². The molecule has 0 aliphatic carbocycles. The first kappa shape index (κ1) is 19.1. The fraction of sp³-hybridized carbons (Fsp3) is 0.700. The fourth-order valence-corrected chi connectivity index (χ4v) is 4.42. The molecule has 8 heteroatoms. The molecule has 4 rings (SSSR count). The summed E-state index contributed by atoms with van der Waals surface area (Å²) in [7, 11) is 0. The standard InChI is InChI=1S/C20H31N7O/c1-15(2)20-17(6-4-10-28-20)24-18-11-19(22-14-21-18)26-8-3-5-16(12-26)13-27-9-7-23-25-27/h7,9,11,14-17,20H,3-6,8,10,12-13H2,1-2H3,(H,21,22,24)/t16-,17-,20+/m1/s1. The van der Waals surface area contributed by atoms with Crippen LogP contribution >= 0.6 is 0 Å². The Hall–Kier alpha value is -2.22. The number of nitrogens with one attached hydrogen (secondary N) is 1. The summed E-state index contributed by atoms with van der Waals surface area (Å²) in [6.45, 7) is 8.22. The van der Waals surface area contributed by atoms with Crippen LogP contribution in [0.1, 0.15) is 39.5 Å². The fourth-order valence-electron chi connectivity index (χ4n) is 4.42. The van der Waals surface area contributed by atoms with E-state index in [1.807, 2.05) is 10.9 Å². The van der Waals surface area contributed by atoms with Crippen LogP contribution in [0.2, 0.25) is 0 Å². The van der Waals surface area contributed by atoms with Gasteiger partial charge in [0.1, 0.15) is 18.0 Å². The second-order valence-corrected chi connectivity index (χ2v) is 8.31. The van der Waals surface area contributed by atoms with Crippen molar-refractivity contribution < 1.29 is 4.74 Å². The lowest BCUT2D eigenvalue weighted by Crippen LogP contribution is -2.43. The van der Waals surface area contributed by atoms with Crippen LogP contribution in [-0.4, -0.2) is 56.8 Å². The van der Waals surface area contributed by atoms with Gasteiger partial charge in [0.25, 0.3) is 0 Å². The topological polar surface area (TPSA) is 81.0 Å². The highest BCUT2D eigenvalue weighted by Crippen LogP contribution is 2.26. The lowest BCUT2D eigenvalue weighted by atomic mass is 9.93. The molecular formula is C20H31N7O. The number of piperidine rings is 1. The molecule has 28 heavy (non-hydrogen) atoms. The first-order valence-corrected chi connectivity index (χ1v) is 10.5. The average Bonchev–Trinajstić information content (AvgIpc) is 3.22. The van der Waals surface area contributed by atoms with E-state index in [-0.39, 0.29) is 6.10 Å². The largest absolute Gasteiger partial charge is 0.376 e. The van der Waals surface area contributed by atoms with E-state index in [1.165, 1.54) is 6.42 Å². The van der Waals surface area contributed by atoms with Crippen molar-refractivity contribution in [3.8, 4) is 0 Å². The molecule has 2 saturated heterocycles. The third-order valence-electron chi connectivity index (χ3n) is 5.77. The number of hydrogen-bond donors (Lipinski definition) is 1. The highest BCUT2D eigenvalue weighted by atomic mass is 16.5. The number of aromatic nitrogens is 5. The zero-order valence-electron chi connectivity index (χ0n) is 16.9. The van der Waals surface area contributed by atoms with Gasteiger partial charge in [-0.05, 0) is 37.5 Å². The van der Waals surface area contributed by atoms with Crippen LogP contribution < -0.4 is 10.2 Å². The van der Waals surface area contributed by atoms with E-state index < -0.39 is 0 Å². The Morgan fingerprint density at radius 3 is 3.00 bits per heavy atom. The molecule has 2 aliphatic rings. The maximum Gasteiger partial charge on any atom is 0.134 e. The molecule has 8 nitrogen and oxygen atoms in total. The Balaban J connectivity index is 1.41. The van der Waals surface area contributed by atoms with Crippen LogP contribution in [0, 0.1) is 11.8 Å². The van der Waals surface area contributed by atoms with E-state index in [9.17, 15) is 0 Å². The zero-order chi connectivity index (χ0) is 19.3. The van der Waals surface area contributed by atoms with E-state index in [0.717, 1.165) is 57.1 Å². The highest BCUT2D eigenvalue weighted by molar-refractivity contribution is 5.49. The molecule has 0 aromatic carbocycles. The summed E-state index contributed by atoms with van der Waals surface area (Å²) in [5.74, 6) is 2.93. The number of anilines is 2. The molecule has 152 valence electrons. The number of ether oxygens (including phenoxy) is 1. The quantitative estimate of drug-likeness (QED) is 0.818. The van der Waals surface area contributed by atoms with E-state index in [4.69, 9.17) is 4.74 Å². The summed E-state index contributed by atoms with van der Waals surface area (Å²) < 4.78 is 7.93. The Morgan fingerprint density at radius 2 is 2.18 bits per heavy atom. The second-order valence-electron chi connectivity index (χ2n) is 8.31. The van der Waals surface area contributed by atoms with Crippen molar-refractivity contribution in [2.24, 2.45) is 11.8 Å². The molecule has 2 aliphatic heterocycles. The van der Waals surface area contributed by atoms with Gasteiger partial charge in [-0.2, -0.15) is 0 Å². The van der Waals surface area contributed by atoms with E-state index in [0.29, 0.717) is 17.9 Å². The predicted octanol–water partition coefficient (Wildman–Crippen LogP) is 2.60. The van der Waals surface area contributed by atoms with Crippen molar-refractivity contribution in [3.63, 3.8) is 0 Å². The maximum atomic E-state index is 6.01. The summed E-state index contributed by atoms with van der Waals surface area (Å²) in [4.78, 5) is 11.4. The molecule has 1 N–H and O–H groups in total. The molecule has 0 bridgehead atoms. The smallest absolute Gasteiger partial charge is 0.134 e. The number of nitrogens with zero attached hydrogens (tertiary/aromatic N) is 6. The molecule has 0 saturated carbocycles. The van der Waals surface area contributed by atoms with Gasteiger partial charge in [0.15, 0.2) is 0 Å². The third-order valence-corrected chi connectivity index (χ3v) is 5.77. The summed E-state index contributed by atoms with van der Waals surface area (Å²) in [6.07, 6.45) is 10.2. The van der Waals surface area contributed by atoms with Crippen LogP contribution in [0.4, 0.5) is 11.6 Å². The second kappa shape index (κ2) is 8.86. The Morgan fingerprint density at radius 1 is 1.25 bits per heavy atom. The molecule has 0 radical (unpaired) electrons. The highest BCUT2D eigenvalue weighted by Gasteiger charge is 2.29. The SMILES string of the molecule is CC(C)[C@@H]1OCCC[C@H]1Nc1cc(N2CCC[C@@H](Cn3ccnn3)C2)ncn1. The van der Waals surface area contributed by atoms with Gasteiger partial charge in [-0.1, -0.05) is 19.1 Å². The third kappa shape index (κ3) is 4.60. The van der Waals surface area contributed by atoms with Gasteiger partial charge in [0.05, 0.1) is 18.3 Å². The van der Waals surface area contributed by atoms with Crippen LogP contribution in [0.15, 0.2) is 24.8 Å². The lowest BCUT2D eigenvalue weighted by molar-refractivity contribution is -0.0203. The van der Waals surface area contributed by atoms with Gasteiger partial charge < -0.3 is 15.0 Å². The molecule has 4 heterocycles. The first-order chi connectivity index (χ1) is 13.7. The number of hydrogen-bond acceptors (Lipinski definition) is 7. The van der Waals surface area contributed by atoms with Crippen molar-refractivity contribution in [2.75, 3.05) is 29.9 Å². The minimum atomic E-state index is 0.231. The monoisotopic (exact) mass is 385 g/mol. The molecule has 0 spiro atoms. The van der Waals surface area contributed by atoms with E-state index >= 15 is 0 Å². The minimum absolute atomic E-state index is 0.231. The molecule has 0 unspecified atom stereocenters. The molecule has 3 atom stereocenters. The van der Waals surface area contributed by atoms with Gasteiger partial charge in [0.2, 0.25) is 0 Å². The summed E-state index contributed by atoms with van der Waals surface area (Å²) in [5.41, 5.74) is 0. The summed E-state index contributed by atoms with van der Waals surface area (Å²) >= 11 is 0. The normalized spacial score (nSPS) is 25.8. The van der Waals surface area contributed by atoms with Crippen molar-refractivity contribution in [2.45, 2.75) is 58.2 Å². The van der Waals surface area contributed by atoms with Crippen LogP contribution in [-0.2, 0) is 11.3 Å². The number of rotatable bonds is 6. The van der Waals surface area contributed by atoms with E-state index in [2.05, 4.69) is 50.4 Å². The van der Waals surface area contributed by atoms with Crippen LogP contribution in [0.5, 0.6) is 0 Å². The maximum absolute atomic E-state index is 6.01. The average molecular weight is 386 g/mol. The molecule has 2 aromatic rings. The first-order valence-electron chi connectivity index (χ1n) is 10.5. The Kier molecular flexibility index (Phi) is 6.04. The Labute approximate surface area is 166 Å². The van der Waals surface area contributed by atoms with Gasteiger partial charge in [-0.3, -0.25) is 4.68 Å². The van der Waals surface area contributed by atoms with Gasteiger partial charge >= 0.3 is 0 Å². The van der Waals surface area contributed by atoms with Crippen LogP contribution in [0.3, 0.4) is 0 Å². The summed E-state index contributed by atoms with van der Waals surface area (Å²) in [5, 5.41) is 11.6. The predicted molar refractivity (Wildman–Crippen MR) is 108 cm³/mol. The Bertz CT molecular complexity index is 736. The molecular weight excluding hydrogens is 354 g/mol. The van der Waals surface area contributed by atoms with Crippen molar-refractivity contribution in [1.82, 2.24) is 25.0 Å². The molecule has 2 fully saturated rings. The molecule has 2 aromatic heterocycles. The van der Waals surface area contributed by atoms with Gasteiger partial charge in [0, 0.05) is 38.5 Å².